The Morgan fingerprint density at radius 3 is 2.71 bits per heavy atom. The lowest BCUT2D eigenvalue weighted by Gasteiger charge is -2.27. The Balaban J connectivity index is 1.74. The summed E-state index contributed by atoms with van der Waals surface area (Å²) >= 11 is 1.56. The van der Waals surface area contributed by atoms with Crippen LogP contribution < -0.4 is 5.32 Å². The normalized spacial score (nSPS) is 17.7. The molecule has 0 aliphatic carbocycles. The van der Waals surface area contributed by atoms with E-state index in [9.17, 15) is 9.59 Å². The van der Waals surface area contributed by atoms with Crippen molar-refractivity contribution in [1.29, 1.82) is 0 Å². The fourth-order valence-electron chi connectivity index (χ4n) is 2.84. The number of hydrogen-bond donors (Lipinski definition) is 1. The SMILES string of the molecule is Cc1ccc(C(=O)N2CCCCC2)cc1NC(=O)C1=CSCCO1. The molecule has 2 aliphatic rings. The Hall–Kier alpha value is -1.95. The van der Waals surface area contributed by atoms with Gasteiger partial charge >= 0.3 is 0 Å². The second kappa shape index (κ2) is 7.75. The summed E-state index contributed by atoms with van der Waals surface area (Å²) < 4.78 is 5.38. The molecule has 2 amide bonds. The molecule has 1 aromatic carbocycles. The lowest BCUT2D eigenvalue weighted by Crippen LogP contribution is -2.35. The molecule has 128 valence electrons. The Kier molecular flexibility index (Phi) is 5.45. The average Bonchev–Trinajstić information content (AvgIpc) is 2.64. The smallest absolute Gasteiger partial charge is 0.291 e. The zero-order valence-electron chi connectivity index (χ0n) is 13.8. The van der Waals surface area contributed by atoms with Crippen LogP contribution in [0.1, 0.15) is 35.2 Å². The summed E-state index contributed by atoms with van der Waals surface area (Å²) in [6, 6.07) is 5.46. The number of carbonyl (C=O) groups excluding carboxylic acids is 2. The first-order valence-corrected chi connectivity index (χ1v) is 9.36. The van der Waals surface area contributed by atoms with E-state index in [2.05, 4.69) is 5.32 Å². The molecule has 6 heteroatoms. The standard InChI is InChI=1S/C18H22N2O3S/c1-13-5-6-14(18(22)20-7-3-2-4-8-20)11-15(13)19-17(21)16-12-24-10-9-23-16/h5-6,11-12H,2-4,7-10H2,1H3,(H,19,21). The van der Waals surface area contributed by atoms with Crippen molar-refractivity contribution in [3.63, 3.8) is 0 Å². The molecule has 0 radical (unpaired) electrons. The van der Waals surface area contributed by atoms with Gasteiger partial charge in [0.1, 0.15) is 0 Å². The topological polar surface area (TPSA) is 58.6 Å². The molecule has 1 saturated heterocycles. The summed E-state index contributed by atoms with van der Waals surface area (Å²) in [6.07, 6.45) is 3.31. The van der Waals surface area contributed by atoms with Crippen molar-refractivity contribution in [2.45, 2.75) is 26.2 Å². The van der Waals surface area contributed by atoms with Crippen molar-refractivity contribution < 1.29 is 14.3 Å². The van der Waals surface area contributed by atoms with Gasteiger partial charge in [-0.25, -0.2) is 0 Å². The maximum atomic E-state index is 12.6. The number of thioether (sulfide) groups is 1. The van der Waals surface area contributed by atoms with Crippen LogP contribution in [0.15, 0.2) is 29.4 Å². The zero-order chi connectivity index (χ0) is 16.9. The van der Waals surface area contributed by atoms with Gasteiger partial charge in [-0.15, -0.1) is 11.8 Å². The van der Waals surface area contributed by atoms with Crippen LogP contribution in [0.5, 0.6) is 0 Å². The molecule has 0 spiro atoms. The maximum absolute atomic E-state index is 12.6. The minimum Gasteiger partial charge on any atom is -0.487 e. The summed E-state index contributed by atoms with van der Waals surface area (Å²) in [5.74, 6) is 0.954. The highest BCUT2D eigenvalue weighted by molar-refractivity contribution is 8.02. The molecular weight excluding hydrogens is 324 g/mol. The van der Waals surface area contributed by atoms with Crippen molar-refractivity contribution >= 4 is 29.3 Å². The van der Waals surface area contributed by atoms with Gasteiger partial charge in [0, 0.05) is 35.5 Å². The van der Waals surface area contributed by atoms with E-state index < -0.39 is 0 Å². The average molecular weight is 346 g/mol. The third-order valence-corrected chi connectivity index (χ3v) is 5.03. The van der Waals surface area contributed by atoms with Crippen molar-refractivity contribution in [2.24, 2.45) is 0 Å². The number of anilines is 1. The Labute approximate surface area is 146 Å². The number of ether oxygens (including phenoxy) is 1. The number of aryl methyl sites for hydroxylation is 1. The molecule has 0 unspecified atom stereocenters. The third kappa shape index (κ3) is 3.93. The van der Waals surface area contributed by atoms with E-state index in [1.165, 1.54) is 6.42 Å². The summed E-state index contributed by atoms with van der Waals surface area (Å²) in [7, 11) is 0. The van der Waals surface area contributed by atoms with Crippen molar-refractivity contribution in [1.82, 2.24) is 4.90 Å². The van der Waals surface area contributed by atoms with Crippen LogP contribution in [-0.2, 0) is 9.53 Å². The first kappa shape index (κ1) is 16.9. The van der Waals surface area contributed by atoms with Crippen LogP contribution >= 0.6 is 11.8 Å². The van der Waals surface area contributed by atoms with E-state index in [-0.39, 0.29) is 11.8 Å². The third-order valence-electron chi connectivity index (χ3n) is 4.25. The summed E-state index contributed by atoms with van der Waals surface area (Å²) in [5.41, 5.74) is 2.19. The summed E-state index contributed by atoms with van der Waals surface area (Å²) in [6.45, 7) is 4.07. The van der Waals surface area contributed by atoms with E-state index in [1.54, 1.807) is 23.2 Å². The molecule has 5 nitrogen and oxygen atoms in total. The van der Waals surface area contributed by atoms with Gasteiger partial charge in [-0.3, -0.25) is 9.59 Å². The molecule has 2 heterocycles. The minimum absolute atomic E-state index is 0.0360. The van der Waals surface area contributed by atoms with Crippen LogP contribution in [0.3, 0.4) is 0 Å². The number of amides is 2. The van der Waals surface area contributed by atoms with Gasteiger partial charge in [0.15, 0.2) is 5.76 Å². The summed E-state index contributed by atoms with van der Waals surface area (Å²) in [5, 5.41) is 4.59. The molecule has 1 aromatic rings. The second-order valence-corrected chi connectivity index (χ2v) is 7.02. The highest BCUT2D eigenvalue weighted by Gasteiger charge is 2.20. The van der Waals surface area contributed by atoms with Crippen LogP contribution in [0.4, 0.5) is 5.69 Å². The van der Waals surface area contributed by atoms with Crippen LogP contribution in [-0.4, -0.2) is 42.2 Å². The number of nitrogens with one attached hydrogen (secondary N) is 1. The largest absolute Gasteiger partial charge is 0.487 e. The van der Waals surface area contributed by atoms with Crippen molar-refractivity contribution in [3.8, 4) is 0 Å². The molecule has 3 rings (SSSR count). The quantitative estimate of drug-likeness (QED) is 0.913. The van der Waals surface area contributed by atoms with Gasteiger partial charge in [0.25, 0.3) is 11.8 Å². The van der Waals surface area contributed by atoms with Crippen molar-refractivity contribution in [3.05, 3.63) is 40.5 Å². The molecular formula is C18H22N2O3S. The summed E-state index contributed by atoms with van der Waals surface area (Å²) in [4.78, 5) is 26.8. The number of piperidine rings is 1. The van der Waals surface area contributed by atoms with E-state index in [0.717, 1.165) is 37.2 Å². The number of carbonyl (C=O) groups is 2. The fraction of sp³-hybridized carbons (Fsp3) is 0.444. The van der Waals surface area contributed by atoms with E-state index >= 15 is 0 Å². The number of nitrogens with zero attached hydrogens (tertiary/aromatic N) is 1. The van der Waals surface area contributed by atoms with Gasteiger partial charge in [-0.1, -0.05) is 6.07 Å². The molecule has 1 fully saturated rings. The van der Waals surface area contributed by atoms with Crippen LogP contribution in [0.25, 0.3) is 0 Å². The molecule has 0 bridgehead atoms. The highest BCUT2D eigenvalue weighted by atomic mass is 32.2. The Morgan fingerprint density at radius 2 is 2.00 bits per heavy atom. The predicted molar refractivity (Wildman–Crippen MR) is 96.1 cm³/mol. The zero-order valence-corrected chi connectivity index (χ0v) is 14.7. The van der Waals surface area contributed by atoms with Gasteiger partial charge in [0.05, 0.1) is 6.61 Å². The molecule has 2 aliphatic heterocycles. The number of likely N-dealkylation sites (tertiary alicyclic amines) is 1. The van der Waals surface area contributed by atoms with E-state index in [4.69, 9.17) is 4.74 Å². The lowest BCUT2D eigenvalue weighted by atomic mass is 10.1. The number of hydrogen-bond acceptors (Lipinski definition) is 4. The molecule has 1 N–H and O–H groups in total. The first-order valence-electron chi connectivity index (χ1n) is 8.31. The molecule has 24 heavy (non-hydrogen) atoms. The fourth-order valence-corrected chi connectivity index (χ4v) is 3.46. The van der Waals surface area contributed by atoms with Gasteiger partial charge in [-0.05, 0) is 43.9 Å². The van der Waals surface area contributed by atoms with E-state index in [0.29, 0.717) is 23.6 Å². The second-order valence-electron chi connectivity index (χ2n) is 6.04. The maximum Gasteiger partial charge on any atom is 0.291 e. The molecule has 0 atom stereocenters. The number of benzene rings is 1. The predicted octanol–water partition coefficient (Wildman–Crippen LogP) is 3.16. The molecule has 0 aromatic heterocycles. The highest BCUT2D eigenvalue weighted by Crippen LogP contribution is 2.22. The van der Waals surface area contributed by atoms with Gasteiger partial charge in [-0.2, -0.15) is 0 Å². The van der Waals surface area contributed by atoms with Gasteiger partial charge in [0.2, 0.25) is 0 Å². The van der Waals surface area contributed by atoms with Crippen LogP contribution in [0, 0.1) is 6.92 Å². The monoisotopic (exact) mass is 346 g/mol. The Morgan fingerprint density at radius 1 is 1.21 bits per heavy atom. The Bertz CT molecular complexity index is 666. The molecule has 0 saturated carbocycles. The van der Waals surface area contributed by atoms with Gasteiger partial charge < -0.3 is 15.0 Å². The lowest BCUT2D eigenvalue weighted by molar-refractivity contribution is -0.116. The van der Waals surface area contributed by atoms with E-state index in [1.807, 2.05) is 24.0 Å². The minimum atomic E-state index is -0.270. The van der Waals surface area contributed by atoms with Crippen LogP contribution in [0.2, 0.25) is 0 Å². The van der Waals surface area contributed by atoms with Crippen molar-refractivity contribution in [2.75, 3.05) is 30.8 Å². The first-order chi connectivity index (χ1) is 11.6. The number of rotatable bonds is 3.